The van der Waals surface area contributed by atoms with Gasteiger partial charge in [-0.2, -0.15) is 10.2 Å². The number of carboxylic acids is 1. The molecule has 162 valence electrons. The van der Waals surface area contributed by atoms with Gasteiger partial charge in [0.2, 0.25) is 0 Å². The molecule has 0 amide bonds. The number of carbonyl (C=O) groups is 1. The highest BCUT2D eigenvalue weighted by atomic mass is 19.4. The van der Waals surface area contributed by atoms with E-state index in [1.807, 2.05) is 13.8 Å². The monoisotopic (exact) mass is 432 g/mol. The highest BCUT2D eigenvalue weighted by Crippen LogP contribution is 2.31. The zero-order valence-electron chi connectivity index (χ0n) is 16.7. The summed E-state index contributed by atoms with van der Waals surface area (Å²) in [4.78, 5) is 11.2. The van der Waals surface area contributed by atoms with Crippen molar-refractivity contribution in [2.24, 2.45) is 5.92 Å². The van der Waals surface area contributed by atoms with Gasteiger partial charge in [-0.05, 0) is 36.2 Å². The second-order valence-corrected chi connectivity index (χ2v) is 7.67. The Hall–Kier alpha value is -3.56. The summed E-state index contributed by atoms with van der Waals surface area (Å²) in [5, 5.41) is 19.0. The summed E-state index contributed by atoms with van der Waals surface area (Å²) < 4.78 is 46.0. The van der Waals surface area contributed by atoms with Crippen LogP contribution in [0.1, 0.15) is 29.8 Å². The smallest absolute Gasteiger partial charge is 0.478 e. The molecule has 1 N–H and O–H groups in total. The fourth-order valence-electron chi connectivity index (χ4n) is 3.60. The predicted octanol–water partition coefficient (Wildman–Crippen LogP) is 4.69. The van der Waals surface area contributed by atoms with E-state index in [-0.39, 0.29) is 23.8 Å². The molecular formula is C21H19F3N4O3. The molecule has 2 heterocycles. The predicted molar refractivity (Wildman–Crippen MR) is 107 cm³/mol. The van der Waals surface area contributed by atoms with Crippen LogP contribution in [0.2, 0.25) is 0 Å². The molecule has 0 fully saturated rings. The van der Waals surface area contributed by atoms with Crippen molar-refractivity contribution in [2.45, 2.75) is 33.3 Å². The van der Waals surface area contributed by atoms with Gasteiger partial charge in [0.25, 0.3) is 0 Å². The highest BCUT2D eigenvalue weighted by Gasteiger charge is 2.31. The Morgan fingerprint density at radius 2 is 1.81 bits per heavy atom. The Kier molecular flexibility index (Phi) is 5.08. The first-order valence-corrected chi connectivity index (χ1v) is 9.54. The van der Waals surface area contributed by atoms with Gasteiger partial charge in [0.15, 0.2) is 0 Å². The maximum absolute atomic E-state index is 12.8. The maximum atomic E-state index is 12.8. The first-order valence-electron chi connectivity index (χ1n) is 9.54. The summed E-state index contributed by atoms with van der Waals surface area (Å²) >= 11 is 0. The molecule has 0 aliphatic rings. The molecule has 31 heavy (non-hydrogen) atoms. The number of ether oxygens (including phenoxy) is 1. The van der Waals surface area contributed by atoms with Crippen LogP contribution in [0.3, 0.4) is 0 Å². The topological polar surface area (TPSA) is 82.2 Å². The van der Waals surface area contributed by atoms with Crippen LogP contribution < -0.4 is 4.74 Å². The van der Waals surface area contributed by atoms with Gasteiger partial charge in [-0.15, -0.1) is 13.2 Å². The molecule has 2 aromatic carbocycles. The molecule has 0 bridgehead atoms. The summed E-state index contributed by atoms with van der Waals surface area (Å²) in [6, 6.07) is 7.25. The third-order valence-corrected chi connectivity index (χ3v) is 4.77. The molecule has 0 spiro atoms. The molecule has 4 rings (SSSR count). The summed E-state index contributed by atoms with van der Waals surface area (Å²) in [7, 11) is 0. The number of carboxylic acid groups (broad SMARTS) is 1. The Morgan fingerprint density at radius 1 is 1.10 bits per heavy atom. The number of benzene rings is 2. The summed E-state index contributed by atoms with van der Waals surface area (Å²) in [6.07, 6.45) is -1.77. The molecule has 4 aromatic rings. The van der Waals surface area contributed by atoms with Gasteiger partial charge in [-0.1, -0.05) is 13.8 Å². The van der Waals surface area contributed by atoms with E-state index < -0.39 is 12.3 Å². The third kappa shape index (κ3) is 4.32. The van der Waals surface area contributed by atoms with E-state index in [1.165, 1.54) is 36.7 Å². The Bertz CT molecular complexity index is 1270. The van der Waals surface area contributed by atoms with E-state index in [0.717, 1.165) is 0 Å². The highest BCUT2D eigenvalue weighted by molar-refractivity contribution is 5.93. The van der Waals surface area contributed by atoms with E-state index in [9.17, 15) is 18.0 Å². The van der Waals surface area contributed by atoms with Crippen molar-refractivity contribution in [3.8, 4) is 5.75 Å². The molecule has 0 saturated carbocycles. The summed E-state index contributed by atoms with van der Waals surface area (Å²) in [5.74, 6) is -1.10. The number of nitrogens with zero attached hydrogens (tertiary/aromatic N) is 4. The van der Waals surface area contributed by atoms with Gasteiger partial charge in [-0.25, -0.2) is 4.79 Å². The van der Waals surface area contributed by atoms with Crippen molar-refractivity contribution in [3.63, 3.8) is 0 Å². The zero-order valence-corrected chi connectivity index (χ0v) is 16.7. The van der Waals surface area contributed by atoms with Crippen LogP contribution in [-0.2, 0) is 13.1 Å². The molecule has 0 aliphatic heterocycles. The van der Waals surface area contributed by atoms with Gasteiger partial charge in [0, 0.05) is 22.9 Å². The minimum Gasteiger partial charge on any atom is -0.478 e. The first kappa shape index (κ1) is 20.7. The number of alkyl halides is 3. The molecule has 0 saturated heterocycles. The van der Waals surface area contributed by atoms with Gasteiger partial charge < -0.3 is 9.84 Å². The molecule has 0 atom stereocenters. The van der Waals surface area contributed by atoms with Crippen molar-refractivity contribution in [1.29, 1.82) is 0 Å². The Morgan fingerprint density at radius 3 is 2.48 bits per heavy atom. The van der Waals surface area contributed by atoms with Crippen molar-refractivity contribution >= 4 is 27.8 Å². The number of hydrogen-bond acceptors (Lipinski definition) is 4. The molecule has 0 radical (unpaired) electrons. The molecule has 0 unspecified atom stereocenters. The fourth-order valence-corrected chi connectivity index (χ4v) is 3.60. The maximum Gasteiger partial charge on any atom is 0.573 e. The van der Waals surface area contributed by atoms with Crippen LogP contribution in [0.5, 0.6) is 5.75 Å². The van der Waals surface area contributed by atoms with Crippen molar-refractivity contribution in [3.05, 3.63) is 53.9 Å². The lowest BCUT2D eigenvalue weighted by Gasteiger charge is -2.14. The van der Waals surface area contributed by atoms with E-state index >= 15 is 0 Å². The zero-order chi connectivity index (χ0) is 22.3. The molecular weight excluding hydrogens is 413 g/mol. The number of aromatic nitrogens is 4. The number of aromatic carboxylic acids is 1. The summed E-state index contributed by atoms with van der Waals surface area (Å²) in [6.45, 7) is 4.80. The normalized spacial score (nSPS) is 12.2. The minimum absolute atomic E-state index is 0.130. The number of fused-ring (bicyclic) bond motifs is 2. The first-order chi connectivity index (χ1) is 14.6. The van der Waals surface area contributed by atoms with Crippen molar-refractivity contribution < 1.29 is 27.8 Å². The van der Waals surface area contributed by atoms with E-state index in [1.54, 1.807) is 15.4 Å². The standard InChI is InChI=1S/C21H19F3N4O3/c1-12(2)10-28-19-15(9-26-28)6-17(31-21(22,23)24)7-16(19)11-27-18-4-3-13(20(29)30)5-14(18)8-25-27/h3-9,12H,10-11H2,1-2H3,(H,29,30). The average Bonchev–Trinajstić information content (AvgIpc) is 3.24. The Labute approximate surface area is 174 Å². The minimum atomic E-state index is -4.81. The molecule has 10 heteroatoms. The second kappa shape index (κ2) is 7.60. The van der Waals surface area contributed by atoms with Crippen molar-refractivity contribution in [2.75, 3.05) is 0 Å². The van der Waals surface area contributed by atoms with Crippen LogP contribution in [0.15, 0.2) is 42.7 Å². The van der Waals surface area contributed by atoms with Gasteiger partial charge >= 0.3 is 12.3 Å². The summed E-state index contributed by atoms with van der Waals surface area (Å²) in [5.41, 5.74) is 2.05. The SMILES string of the molecule is CC(C)Cn1ncc2cc(OC(F)(F)F)cc(Cn3ncc4cc(C(=O)O)ccc43)c21. The quantitative estimate of drug-likeness (QED) is 0.478. The average molecular weight is 432 g/mol. The van der Waals surface area contributed by atoms with E-state index in [2.05, 4.69) is 14.9 Å². The van der Waals surface area contributed by atoms with Crippen LogP contribution in [0.4, 0.5) is 13.2 Å². The lowest BCUT2D eigenvalue weighted by molar-refractivity contribution is -0.274. The van der Waals surface area contributed by atoms with E-state index in [4.69, 9.17) is 5.11 Å². The number of rotatable bonds is 6. The lowest BCUT2D eigenvalue weighted by Crippen LogP contribution is -2.17. The largest absolute Gasteiger partial charge is 0.573 e. The van der Waals surface area contributed by atoms with Crippen molar-refractivity contribution in [1.82, 2.24) is 19.6 Å². The van der Waals surface area contributed by atoms with Gasteiger partial charge in [-0.3, -0.25) is 9.36 Å². The third-order valence-electron chi connectivity index (χ3n) is 4.77. The number of halogens is 3. The van der Waals surface area contributed by atoms with Crippen LogP contribution in [-0.4, -0.2) is 37.0 Å². The molecule has 0 aliphatic carbocycles. The number of hydrogen-bond donors (Lipinski definition) is 1. The van der Waals surface area contributed by atoms with Crippen LogP contribution in [0, 0.1) is 5.92 Å². The Balaban J connectivity index is 1.81. The van der Waals surface area contributed by atoms with Gasteiger partial charge in [0.1, 0.15) is 5.75 Å². The molecule has 7 nitrogen and oxygen atoms in total. The fraction of sp³-hybridized carbons (Fsp3) is 0.286. The second-order valence-electron chi connectivity index (χ2n) is 7.67. The van der Waals surface area contributed by atoms with Crippen LogP contribution in [0.25, 0.3) is 21.8 Å². The van der Waals surface area contributed by atoms with Gasteiger partial charge in [0.05, 0.1) is 35.5 Å². The lowest BCUT2D eigenvalue weighted by atomic mass is 10.1. The molecule has 2 aromatic heterocycles. The van der Waals surface area contributed by atoms with E-state index in [0.29, 0.717) is 33.9 Å². The van der Waals surface area contributed by atoms with Crippen LogP contribution >= 0.6 is 0 Å².